The molecular weight excluding hydrogens is 228 g/mol. The van der Waals surface area contributed by atoms with Gasteiger partial charge in [-0.2, -0.15) is 0 Å². The maximum absolute atomic E-state index is 9.77. The van der Waals surface area contributed by atoms with Gasteiger partial charge in [-0.3, -0.25) is 0 Å². The number of para-hydroxylation sites is 1. The lowest BCUT2D eigenvalue weighted by Crippen LogP contribution is -2.25. The van der Waals surface area contributed by atoms with Gasteiger partial charge in [-0.1, -0.05) is 26.0 Å². The largest absolute Gasteiger partial charge is 0.487 e. The zero-order chi connectivity index (χ0) is 13.3. The SMILES string of the molecule is CC(C)C(O)COc1cccc2c1OC(C)(C)C2. The van der Waals surface area contributed by atoms with Crippen molar-refractivity contribution in [1.29, 1.82) is 0 Å². The number of rotatable bonds is 4. The van der Waals surface area contributed by atoms with Crippen molar-refractivity contribution in [1.82, 2.24) is 0 Å². The molecule has 100 valence electrons. The van der Waals surface area contributed by atoms with Crippen LogP contribution in [0.3, 0.4) is 0 Å². The number of ether oxygens (including phenoxy) is 2. The molecule has 0 saturated carbocycles. The van der Waals surface area contributed by atoms with E-state index in [1.165, 1.54) is 5.56 Å². The average Bonchev–Trinajstić information content (AvgIpc) is 2.59. The molecule has 0 radical (unpaired) electrons. The van der Waals surface area contributed by atoms with Crippen LogP contribution in [0.1, 0.15) is 33.3 Å². The molecular formula is C15H22O3. The third kappa shape index (κ3) is 2.78. The highest BCUT2D eigenvalue weighted by atomic mass is 16.5. The van der Waals surface area contributed by atoms with Gasteiger partial charge < -0.3 is 14.6 Å². The van der Waals surface area contributed by atoms with Gasteiger partial charge in [0.25, 0.3) is 0 Å². The lowest BCUT2D eigenvalue weighted by Gasteiger charge is -2.19. The van der Waals surface area contributed by atoms with Gasteiger partial charge in [-0.05, 0) is 25.8 Å². The quantitative estimate of drug-likeness (QED) is 0.893. The summed E-state index contributed by atoms with van der Waals surface area (Å²) in [5.74, 6) is 1.76. The summed E-state index contributed by atoms with van der Waals surface area (Å²) in [4.78, 5) is 0. The molecule has 2 rings (SSSR count). The van der Waals surface area contributed by atoms with E-state index in [1.807, 2.05) is 26.0 Å². The molecule has 0 saturated heterocycles. The van der Waals surface area contributed by atoms with Gasteiger partial charge in [0, 0.05) is 12.0 Å². The van der Waals surface area contributed by atoms with Gasteiger partial charge in [0.05, 0.1) is 6.10 Å². The molecule has 0 fully saturated rings. The van der Waals surface area contributed by atoms with E-state index in [1.54, 1.807) is 0 Å². The summed E-state index contributed by atoms with van der Waals surface area (Å²) in [5, 5.41) is 9.77. The van der Waals surface area contributed by atoms with Crippen molar-refractivity contribution in [3.8, 4) is 11.5 Å². The Morgan fingerprint density at radius 3 is 2.78 bits per heavy atom. The molecule has 1 aliphatic heterocycles. The average molecular weight is 250 g/mol. The minimum absolute atomic E-state index is 0.168. The van der Waals surface area contributed by atoms with Crippen LogP contribution in [0.25, 0.3) is 0 Å². The van der Waals surface area contributed by atoms with Crippen LogP contribution in [-0.2, 0) is 6.42 Å². The summed E-state index contributed by atoms with van der Waals surface area (Å²) in [7, 11) is 0. The lowest BCUT2D eigenvalue weighted by atomic mass is 10.0. The summed E-state index contributed by atoms with van der Waals surface area (Å²) >= 11 is 0. The van der Waals surface area contributed by atoms with Crippen molar-refractivity contribution < 1.29 is 14.6 Å². The normalized spacial score (nSPS) is 18.3. The molecule has 1 heterocycles. The second-order valence-corrected chi connectivity index (χ2v) is 5.91. The van der Waals surface area contributed by atoms with Gasteiger partial charge in [0.1, 0.15) is 12.2 Å². The Morgan fingerprint density at radius 1 is 1.39 bits per heavy atom. The molecule has 1 N–H and O–H groups in total. The molecule has 1 aliphatic rings. The summed E-state index contributed by atoms with van der Waals surface area (Å²) < 4.78 is 11.6. The number of aliphatic hydroxyl groups excluding tert-OH is 1. The molecule has 0 aliphatic carbocycles. The predicted molar refractivity (Wildman–Crippen MR) is 71.2 cm³/mol. The highest BCUT2D eigenvalue weighted by molar-refractivity contribution is 5.50. The molecule has 0 aromatic heterocycles. The van der Waals surface area contributed by atoms with Crippen LogP contribution in [0, 0.1) is 5.92 Å². The Kier molecular flexibility index (Phi) is 3.53. The molecule has 0 bridgehead atoms. The second kappa shape index (κ2) is 4.81. The zero-order valence-corrected chi connectivity index (χ0v) is 11.6. The molecule has 0 amide bonds. The first kappa shape index (κ1) is 13.2. The maximum Gasteiger partial charge on any atom is 0.165 e. The topological polar surface area (TPSA) is 38.7 Å². The zero-order valence-electron chi connectivity index (χ0n) is 11.6. The Morgan fingerprint density at radius 2 is 2.11 bits per heavy atom. The molecule has 3 nitrogen and oxygen atoms in total. The monoisotopic (exact) mass is 250 g/mol. The lowest BCUT2D eigenvalue weighted by molar-refractivity contribution is 0.0662. The smallest absolute Gasteiger partial charge is 0.165 e. The summed E-state index contributed by atoms with van der Waals surface area (Å²) in [6.45, 7) is 8.39. The molecule has 1 aromatic rings. The van der Waals surface area contributed by atoms with E-state index in [-0.39, 0.29) is 11.5 Å². The third-order valence-corrected chi connectivity index (χ3v) is 3.23. The number of hydrogen-bond donors (Lipinski definition) is 1. The first-order chi connectivity index (χ1) is 8.39. The van der Waals surface area contributed by atoms with Crippen molar-refractivity contribution >= 4 is 0 Å². The van der Waals surface area contributed by atoms with E-state index in [2.05, 4.69) is 19.9 Å². The molecule has 3 heteroatoms. The Hall–Kier alpha value is -1.22. The third-order valence-electron chi connectivity index (χ3n) is 3.23. The second-order valence-electron chi connectivity index (χ2n) is 5.91. The van der Waals surface area contributed by atoms with Crippen LogP contribution >= 0.6 is 0 Å². The number of benzene rings is 1. The fourth-order valence-corrected chi connectivity index (χ4v) is 2.07. The van der Waals surface area contributed by atoms with Crippen molar-refractivity contribution in [2.24, 2.45) is 5.92 Å². The Labute approximate surface area is 109 Å². The van der Waals surface area contributed by atoms with E-state index >= 15 is 0 Å². The van der Waals surface area contributed by atoms with E-state index in [0.29, 0.717) is 6.61 Å². The van der Waals surface area contributed by atoms with Crippen LogP contribution in [0.4, 0.5) is 0 Å². The van der Waals surface area contributed by atoms with E-state index in [9.17, 15) is 5.11 Å². The minimum Gasteiger partial charge on any atom is -0.487 e. The maximum atomic E-state index is 9.77. The Balaban J connectivity index is 2.10. The van der Waals surface area contributed by atoms with Crippen LogP contribution in [0.5, 0.6) is 11.5 Å². The summed E-state index contributed by atoms with van der Waals surface area (Å²) in [5.41, 5.74) is 1.01. The van der Waals surface area contributed by atoms with Gasteiger partial charge in [-0.15, -0.1) is 0 Å². The van der Waals surface area contributed by atoms with Gasteiger partial charge in [0.2, 0.25) is 0 Å². The first-order valence-corrected chi connectivity index (χ1v) is 6.51. The Bertz CT molecular complexity index is 424. The van der Waals surface area contributed by atoms with Crippen molar-refractivity contribution in [3.05, 3.63) is 23.8 Å². The first-order valence-electron chi connectivity index (χ1n) is 6.51. The highest BCUT2D eigenvalue weighted by Crippen LogP contribution is 2.41. The van der Waals surface area contributed by atoms with Gasteiger partial charge >= 0.3 is 0 Å². The van der Waals surface area contributed by atoms with Crippen LogP contribution in [0.2, 0.25) is 0 Å². The summed E-state index contributed by atoms with van der Waals surface area (Å²) in [6, 6.07) is 5.93. The fourth-order valence-electron chi connectivity index (χ4n) is 2.07. The van der Waals surface area contributed by atoms with E-state index in [4.69, 9.17) is 9.47 Å². The molecule has 1 atom stereocenters. The van der Waals surface area contributed by atoms with Crippen LogP contribution < -0.4 is 9.47 Å². The van der Waals surface area contributed by atoms with E-state index in [0.717, 1.165) is 17.9 Å². The summed E-state index contributed by atoms with van der Waals surface area (Å²) in [6.07, 6.45) is 0.446. The molecule has 1 unspecified atom stereocenters. The predicted octanol–water partition coefficient (Wildman–Crippen LogP) is 2.80. The van der Waals surface area contributed by atoms with E-state index < -0.39 is 6.10 Å². The highest BCUT2D eigenvalue weighted by Gasteiger charge is 2.32. The molecule has 0 spiro atoms. The number of aliphatic hydroxyl groups is 1. The molecule has 18 heavy (non-hydrogen) atoms. The number of hydrogen-bond acceptors (Lipinski definition) is 3. The molecule has 1 aromatic carbocycles. The van der Waals surface area contributed by atoms with Crippen LogP contribution in [-0.4, -0.2) is 23.4 Å². The van der Waals surface area contributed by atoms with Crippen molar-refractivity contribution in [2.75, 3.05) is 6.61 Å². The van der Waals surface area contributed by atoms with Gasteiger partial charge in [0.15, 0.2) is 11.5 Å². The fraction of sp³-hybridized carbons (Fsp3) is 0.600. The number of fused-ring (bicyclic) bond motifs is 1. The van der Waals surface area contributed by atoms with Gasteiger partial charge in [-0.25, -0.2) is 0 Å². The van der Waals surface area contributed by atoms with Crippen molar-refractivity contribution in [2.45, 2.75) is 45.8 Å². The standard InChI is InChI=1S/C15H22O3/c1-10(2)12(16)9-17-13-7-5-6-11-8-15(3,4)18-14(11)13/h5-7,10,12,16H,8-9H2,1-4H3. The van der Waals surface area contributed by atoms with Crippen molar-refractivity contribution in [3.63, 3.8) is 0 Å². The minimum atomic E-state index is -0.449. The van der Waals surface area contributed by atoms with Crippen LogP contribution in [0.15, 0.2) is 18.2 Å².